The van der Waals surface area contributed by atoms with E-state index < -0.39 is 10.0 Å². The van der Waals surface area contributed by atoms with Crippen LogP contribution in [0, 0.1) is 13.8 Å². The van der Waals surface area contributed by atoms with E-state index in [1.165, 1.54) is 24.5 Å². The van der Waals surface area contributed by atoms with Crippen LogP contribution < -0.4 is 15.4 Å². The second-order valence-corrected chi connectivity index (χ2v) is 10.7. The highest BCUT2D eigenvalue weighted by molar-refractivity contribution is 7.92. The van der Waals surface area contributed by atoms with Crippen LogP contribution in [-0.2, 0) is 16.6 Å². The van der Waals surface area contributed by atoms with Crippen LogP contribution in [0.5, 0.6) is 0 Å². The standard InChI is InChI=1S/C23H21Cl2N7O2S2/c1-14-21(15(2)32(30-14)13-16-4-5-17(24)12-20(16)25)29-23(35)28-18-6-8-19(9-7-18)36(33,34)31-22-26-10-3-11-27-22/h3-12H,13H2,1-2H3,(H,26,27,31)(H2,28,29,35). The molecular formula is C23H21Cl2N7O2S2. The van der Waals surface area contributed by atoms with Gasteiger partial charge in [0.15, 0.2) is 5.11 Å². The van der Waals surface area contributed by atoms with Gasteiger partial charge in [-0.25, -0.2) is 23.1 Å². The Labute approximate surface area is 223 Å². The second-order valence-electron chi connectivity index (χ2n) is 7.72. The number of aromatic nitrogens is 4. The number of nitrogens with one attached hydrogen (secondary N) is 3. The van der Waals surface area contributed by atoms with Crippen LogP contribution in [0.15, 0.2) is 65.8 Å². The minimum absolute atomic E-state index is 0.00491. The molecule has 2 aromatic carbocycles. The number of hydrogen-bond donors (Lipinski definition) is 3. The zero-order chi connectivity index (χ0) is 25.9. The third kappa shape index (κ3) is 6.11. The Kier molecular flexibility index (Phi) is 7.74. The highest BCUT2D eigenvalue weighted by atomic mass is 35.5. The fourth-order valence-electron chi connectivity index (χ4n) is 3.37. The second kappa shape index (κ2) is 10.8. The zero-order valence-corrected chi connectivity index (χ0v) is 22.3. The lowest BCUT2D eigenvalue weighted by Crippen LogP contribution is -2.20. The Morgan fingerprint density at radius 2 is 1.72 bits per heavy atom. The molecule has 0 unspecified atom stereocenters. The van der Waals surface area contributed by atoms with Gasteiger partial charge in [0.2, 0.25) is 5.95 Å². The Morgan fingerprint density at radius 1 is 1.03 bits per heavy atom. The maximum Gasteiger partial charge on any atom is 0.264 e. The normalized spacial score (nSPS) is 11.2. The van der Waals surface area contributed by atoms with E-state index in [0.717, 1.165) is 22.6 Å². The zero-order valence-electron chi connectivity index (χ0n) is 19.2. The molecule has 0 atom stereocenters. The van der Waals surface area contributed by atoms with E-state index in [-0.39, 0.29) is 10.8 Å². The quantitative estimate of drug-likeness (QED) is 0.262. The number of thiocarbonyl (C=S) groups is 1. The molecule has 2 aromatic heterocycles. The molecule has 0 saturated heterocycles. The molecule has 0 amide bonds. The molecule has 186 valence electrons. The molecule has 4 rings (SSSR count). The molecule has 13 heteroatoms. The molecule has 0 aliphatic rings. The first-order chi connectivity index (χ1) is 17.1. The van der Waals surface area contributed by atoms with Gasteiger partial charge in [-0.2, -0.15) is 5.10 Å². The molecule has 2 heterocycles. The van der Waals surface area contributed by atoms with Crippen LogP contribution in [0.4, 0.5) is 17.3 Å². The van der Waals surface area contributed by atoms with Gasteiger partial charge in [-0.05, 0) is 74.1 Å². The third-order valence-electron chi connectivity index (χ3n) is 5.17. The van der Waals surface area contributed by atoms with Gasteiger partial charge < -0.3 is 10.6 Å². The van der Waals surface area contributed by atoms with Gasteiger partial charge >= 0.3 is 0 Å². The van der Waals surface area contributed by atoms with E-state index in [9.17, 15) is 8.42 Å². The van der Waals surface area contributed by atoms with Crippen molar-refractivity contribution < 1.29 is 8.42 Å². The average Bonchev–Trinajstić information content (AvgIpc) is 3.09. The molecule has 0 aliphatic heterocycles. The predicted octanol–water partition coefficient (Wildman–Crippen LogP) is 5.25. The summed E-state index contributed by atoms with van der Waals surface area (Å²) in [5, 5.41) is 12.3. The number of sulfonamides is 1. The molecule has 0 aliphatic carbocycles. The smallest absolute Gasteiger partial charge is 0.264 e. The Balaban J connectivity index is 1.42. The van der Waals surface area contributed by atoms with Gasteiger partial charge in [0.05, 0.1) is 28.5 Å². The molecule has 3 N–H and O–H groups in total. The third-order valence-corrected chi connectivity index (χ3v) is 7.30. The molecule has 9 nitrogen and oxygen atoms in total. The van der Waals surface area contributed by atoms with Gasteiger partial charge in [-0.3, -0.25) is 4.68 Å². The first-order valence-electron chi connectivity index (χ1n) is 10.6. The number of nitrogens with zero attached hydrogens (tertiary/aromatic N) is 4. The number of anilines is 3. The molecular weight excluding hydrogens is 541 g/mol. The molecule has 0 bridgehead atoms. The lowest BCUT2D eigenvalue weighted by Gasteiger charge is -2.12. The molecule has 0 spiro atoms. The first-order valence-corrected chi connectivity index (χ1v) is 13.2. The summed E-state index contributed by atoms with van der Waals surface area (Å²) in [4.78, 5) is 7.81. The van der Waals surface area contributed by atoms with Crippen LogP contribution in [0.25, 0.3) is 0 Å². The topological polar surface area (TPSA) is 114 Å². The van der Waals surface area contributed by atoms with E-state index >= 15 is 0 Å². The molecule has 4 aromatic rings. The fraction of sp³-hybridized carbons (Fsp3) is 0.130. The lowest BCUT2D eigenvalue weighted by molar-refractivity contribution is 0.601. The maximum atomic E-state index is 12.5. The van der Waals surface area contributed by atoms with E-state index in [1.54, 1.807) is 30.3 Å². The van der Waals surface area contributed by atoms with Crippen molar-refractivity contribution in [2.75, 3.05) is 15.4 Å². The van der Waals surface area contributed by atoms with Crippen LogP contribution in [0.3, 0.4) is 0 Å². The highest BCUT2D eigenvalue weighted by Gasteiger charge is 2.17. The van der Waals surface area contributed by atoms with E-state index in [2.05, 4.69) is 30.4 Å². The Bertz CT molecular complexity index is 1510. The monoisotopic (exact) mass is 561 g/mol. The summed E-state index contributed by atoms with van der Waals surface area (Å²) in [5.74, 6) is -0.00491. The lowest BCUT2D eigenvalue weighted by atomic mass is 10.2. The van der Waals surface area contributed by atoms with E-state index in [0.29, 0.717) is 27.4 Å². The summed E-state index contributed by atoms with van der Waals surface area (Å²) >= 11 is 17.8. The molecule has 0 fully saturated rings. The minimum atomic E-state index is -3.83. The summed E-state index contributed by atoms with van der Waals surface area (Å²) in [5.41, 5.74) is 3.90. The van der Waals surface area contributed by atoms with E-state index in [4.69, 9.17) is 35.4 Å². The van der Waals surface area contributed by atoms with E-state index in [1.807, 2.05) is 24.6 Å². The first kappa shape index (κ1) is 25.8. The highest BCUT2D eigenvalue weighted by Crippen LogP contribution is 2.25. The van der Waals surface area contributed by atoms with Crippen molar-refractivity contribution in [3.63, 3.8) is 0 Å². The Hall–Kier alpha value is -3.25. The van der Waals surface area contributed by atoms with Crippen LogP contribution in [0.1, 0.15) is 17.0 Å². The molecule has 36 heavy (non-hydrogen) atoms. The number of benzene rings is 2. The van der Waals surface area contributed by atoms with Crippen molar-refractivity contribution in [2.45, 2.75) is 25.3 Å². The van der Waals surface area contributed by atoms with Gasteiger partial charge in [-0.1, -0.05) is 29.3 Å². The number of hydrogen-bond acceptors (Lipinski definition) is 6. The van der Waals surface area contributed by atoms with Gasteiger partial charge in [0.1, 0.15) is 0 Å². The van der Waals surface area contributed by atoms with Crippen molar-refractivity contribution >= 4 is 67.9 Å². The number of rotatable bonds is 7. The maximum absolute atomic E-state index is 12.5. The van der Waals surface area contributed by atoms with Crippen LogP contribution in [-0.4, -0.2) is 33.3 Å². The molecule has 0 radical (unpaired) electrons. The summed E-state index contributed by atoms with van der Waals surface area (Å²) < 4.78 is 29.3. The fourth-order valence-corrected chi connectivity index (χ4v) is 5.01. The number of halogens is 2. The predicted molar refractivity (Wildman–Crippen MR) is 146 cm³/mol. The summed E-state index contributed by atoms with van der Waals surface area (Å²) in [6.45, 7) is 4.28. The number of aryl methyl sites for hydroxylation is 1. The Morgan fingerprint density at radius 3 is 2.39 bits per heavy atom. The van der Waals surface area contributed by atoms with Gasteiger partial charge in [-0.15, -0.1) is 0 Å². The van der Waals surface area contributed by atoms with Gasteiger partial charge in [0.25, 0.3) is 10.0 Å². The largest absolute Gasteiger partial charge is 0.332 e. The van der Waals surface area contributed by atoms with Gasteiger partial charge in [0, 0.05) is 28.1 Å². The van der Waals surface area contributed by atoms with Crippen molar-refractivity contribution in [3.05, 3.63) is 87.9 Å². The van der Waals surface area contributed by atoms with Crippen molar-refractivity contribution in [3.8, 4) is 0 Å². The SMILES string of the molecule is Cc1nn(Cc2ccc(Cl)cc2Cl)c(C)c1NC(=S)Nc1ccc(S(=O)(=O)Nc2ncccn2)cc1. The van der Waals surface area contributed by atoms with Crippen LogP contribution in [0.2, 0.25) is 10.0 Å². The van der Waals surface area contributed by atoms with Crippen molar-refractivity contribution in [1.82, 2.24) is 19.7 Å². The summed E-state index contributed by atoms with van der Waals surface area (Å²) in [6, 6.07) is 13.1. The molecule has 0 saturated carbocycles. The summed E-state index contributed by atoms with van der Waals surface area (Å²) in [6.07, 6.45) is 2.90. The minimum Gasteiger partial charge on any atom is -0.332 e. The average molecular weight is 563 g/mol. The summed E-state index contributed by atoms with van der Waals surface area (Å²) in [7, 11) is -3.83. The van der Waals surface area contributed by atoms with Crippen LogP contribution >= 0.6 is 35.4 Å². The van der Waals surface area contributed by atoms with Crippen molar-refractivity contribution in [1.29, 1.82) is 0 Å². The van der Waals surface area contributed by atoms with Crippen molar-refractivity contribution in [2.24, 2.45) is 0 Å².